The number of hydrogen-bond acceptors (Lipinski definition) is 4. The fraction of sp³-hybridized carbons (Fsp3) is 0.212. The zero-order valence-corrected chi connectivity index (χ0v) is 26.2. The molecule has 0 radical (unpaired) electrons. The Kier molecular flexibility index (Phi) is 10.9. The molecule has 0 aliphatic rings. The van der Waals surface area contributed by atoms with Crippen molar-refractivity contribution < 1.29 is 18.0 Å². The lowest BCUT2D eigenvalue weighted by Gasteiger charge is -2.34. The minimum Gasteiger partial charge on any atom is -0.357 e. The number of nitrogens with one attached hydrogen (secondary N) is 1. The van der Waals surface area contributed by atoms with Gasteiger partial charge in [0.05, 0.1) is 20.6 Å². The molecule has 1 atom stereocenters. The van der Waals surface area contributed by atoms with E-state index in [4.69, 9.17) is 23.2 Å². The van der Waals surface area contributed by atoms with E-state index in [0.717, 1.165) is 15.4 Å². The van der Waals surface area contributed by atoms with Gasteiger partial charge in [0.2, 0.25) is 11.8 Å². The highest BCUT2D eigenvalue weighted by Crippen LogP contribution is 2.29. The van der Waals surface area contributed by atoms with Crippen LogP contribution in [-0.2, 0) is 39.0 Å². The number of nitrogens with zero attached hydrogens (tertiary/aromatic N) is 2. The summed E-state index contributed by atoms with van der Waals surface area (Å²) >= 11 is 12.4. The molecule has 0 fully saturated rings. The first kappa shape index (κ1) is 32.1. The number of amides is 2. The average molecular weight is 639 g/mol. The van der Waals surface area contributed by atoms with Crippen LogP contribution in [0.4, 0.5) is 5.69 Å². The molecule has 4 aromatic carbocycles. The van der Waals surface area contributed by atoms with Crippen LogP contribution < -0.4 is 9.62 Å². The van der Waals surface area contributed by atoms with Gasteiger partial charge in [0.1, 0.15) is 12.6 Å². The molecule has 0 saturated carbocycles. The zero-order valence-electron chi connectivity index (χ0n) is 23.9. The van der Waals surface area contributed by atoms with Crippen LogP contribution >= 0.6 is 23.2 Å². The second-order valence-corrected chi connectivity index (χ2v) is 12.6. The molecule has 0 bridgehead atoms. The normalized spacial score (nSPS) is 11.9. The number of carbonyl (C=O) groups excluding carboxylic acids is 2. The van der Waals surface area contributed by atoms with Gasteiger partial charge in [-0.15, -0.1) is 0 Å². The second-order valence-electron chi connectivity index (χ2n) is 9.90. The number of sulfonamides is 1. The maximum absolute atomic E-state index is 14.4. The molecule has 224 valence electrons. The summed E-state index contributed by atoms with van der Waals surface area (Å²) in [5.41, 5.74) is 2.64. The number of benzene rings is 4. The third-order valence-electron chi connectivity index (χ3n) is 7.11. The van der Waals surface area contributed by atoms with Gasteiger partial charge in [-0.3, -0.25) is 13.9 Å². The lowest BCUT2D eigenvalue weighted by Crippen LogP contribution is -2.53. The van der Waals surface area contributed by atoms with E-state index in [2.05, 4.69) is 5.32 Å². The van der Waals surface area contributed by atoms with E-state index in [0.29, 0.717) is 27.7 Å². The topological polar surface area (TPSA) is 86.8 Å². The Morgan fingerprint density at radius 3 is 2.07 bits per heavy atom. The molecule has 0 aliphatic carbocycles. The molecule has 0 aliphatic heterocycles. The largest absolute Gasteiger partial charge is 0.357 e. The minimum absolute atomic E-state index is 0.00467. The van der Waals surface area contributed by atoms with Crippen LogP contribution in [0.5, 0.6) is 0 Å². The van der Waals surface area contributed by atoms with Crippen molar-refractivity contribution in [1.29, 1.82) is 0 Å². The van der Waals surface area contributed by atoms with Gasteiger partial charge in [-0.05, 0) is 53.4 Å². The lowest BCUT2D eigenvalue weighted by molar-refractivity contribution is -0.139. The van der Waals surface area contributed by atoms with E-state index < -0.39 is 28.5 Å². The van der Waals surface area contributed by atoms with Crippen molar-refractivity contribution in [3.8, 4) is 0 Å². The number of aryl methyl sites for hydroxylation is 1. The summed E-state index contributed by atoms with van der Waals surface area (Å²) in [6, 6.07) is 28.5. The van der Waals surface area contributed by atoms with Gasteiger partial charge in [0, 0.05) is 20.0 Å². The van der Waals surface area contributed by atoms with E-state index in [9.17, 15) is 18.0 Å². The number of likely N-dealkylation sites (N-methyl/N-ethyl adjacent to an activating group) is 1. The molecule has 0 aromatic heterocycles. The van der Waals surface area contributed by atoms with Crippen LogP contribution in [-0.4, -0.2) is 44.8 Å². The van der Waals surface area contributed by atoms with Gasteiger partial charge in [-0.2, -0.15) is 0 Å². The third kappa shape index (κ3) is 7.76. The highest BCUT2D eigenvalue weighted by molar-refractivity contribution is 7.92. The fourth-order valence-electron chi connectivity index (χ4n) is 4.84. The molecule has 10 heteroatoms. The number of halogens is 2. The Bertz CT molecular complexity index is 1670. The first-order valence-electron chi connectivity index (χ1n) is 13.8. The highest BCUT2D eigenvalue weighted by Gasteiger charge is 2.35. The van der Waals surface area contributed by atoms with Crippen LogP contribution in [0.1, 0.15) is 23.6 Å². The van der Waals surface area contributed by atoms with Gasteiger partial charge in [0.15, 0.2) is 0 Å². The van der Waals surface area contributed by atoms with Gasteiger partial charge >= 0.3 is 0 Å². The standard InChI is InChI=1S/C33H33Cl2N3O4S/c1-3-26-14-10-11-17-30(26)38(43(41,42)27-15-8-5-9-16-27)23-32(39)37(22-25-18-19-28(34)29(35)20-25)31(33(40)36-2)21-24-12-6-4-7-13-24/h4-20,31H,3,21-23H2,1-2H3,(H,36,40)/t31-/m0/s1. The summed E-state index contributed by atoms with van der Waals surface area (Å²) < 4.78 is 29.3. The van der Waals surface area contributed by atoms with Crippen LogP contribution in [0.2, 0.25) is 10.0 Å². The van der Waals surface area contributed by atoms with Crippen molar-refractivity contribution in [3.05, 3.63) is 130 Å². The van der Waals surface area contributed by atoms with Gasteiger partial charge in [-0.1, -0.05) is 103 Å². The van der Waals surface area contributed by atoms with E-state index >= 15 is 0 Å². The lowest BCUT2D eigenvalue weighted by atomic mass is 10.0. The molecule has 2 amide bonds. The van der Waals surface area contributed by atoms with E-state index in [1.807, 2.05) is 49.4 Å². The van der Waals surface area contributed by atoms with Crippen molar-refractivity contribution in [3.63, 3.8) is 0 Å². The first-order chi connectivity index (χ1) is 20.6. The summed E-state index contributed by atoms with van der Waals surface area (Å²) in [6.07, 6.45) is 0.761. The number of rotatable bonds is 12. The highest BCUT2D eigenvalue weighted by atomic mass is 35.5. The Balaban J connectivity index is 1.82. The molecule has 4 aromatic rings. The summed E-state index contributed by atoms with van der Waals surface area (Å²) in [6.45, 7) is 1.39. The van der Waals surface area contributed by atoms with E-state index in [1.165, 1.54) is 24.1 Å². The molecule has 0 unspecified atom stereocenters. The Hall–Kier alpha value is -3.85. The first-order valence-corrected chi connectivity index (χ1v) is 16.0. The minimum atomic E-state index is -4.16. The van der Waals surface area contributed by atoms with Gasteiger partial charge in [0.25, 0.3) is 10.0 Å². The predicted octanol–water partition coefficient (Wildman–Crippen LogP) is 6.14. The Morgan fingerprint density at radius 1 is 0.814 bits per heavy atom. The molecule has 1 N–H and O–H groups in total. The predicted molar refractivity (Wildman–Crippen MR) is 172 cm³/mol. The Labute approximate surface area is 263 Å². The molecule has 0 spiro atoms. The molecule has 7 nitrogen and oxygen atoms in total. The maximum atomic E-state index is 14.4. The van der Waals surface area contributed by atoms with E-state index in [1.54, 1.807) is 48.5 Å². The number of para-hydroxylation sites is 1. The van der Waals surface area contributed by atoms with Crippen molar-refractivity contribution >= 4 is 50.7 Å². The van der Waals surface area contributed by atoms with E-state index in [-0.39, 0.29) is 23.8 Å². The number of hydrogen-bond donors (Lipinski definition) is 1. The Morgan fingerprint density at radius 2 is 1.44 bits per heavy atom. The van der Waals surface area contributed by atoms with Gasteiger partial charge in [-0.25, -0.2) is 8.42 Å². The maximum Gasteiger partial charge on any atom is 0.264 e. The van der Waals surface area contributed by atoms with Crippen LogP contribution in [0, 0.1) is 0 Å². The smallest absolute Gasteiger partial charge is 0.264 e. The molecular formula is C33H33Cl2N3O4S. The monoisotopic (exact) mass is 637 g/mol. The van der Waals surface area contributed by atoms with Crippen molar-refractivity contribution in [2.45, 2.75) is 37.2 Å². The second kappa shape index (κ2) is 14.6. The van der Waals surface area contributed by atoms with Gasteiger partial charge < -0.3 is 10.2 Å². The van der Waals surface area contributed by atoms with Crippen LogP contribution in [0.25, 0.3) is 0 Å². The summed E-state index contributed by atoms with van der Waals surface area (Å²) in [5, 5.41) is 3.33. The molecule has 4 rings (SSSR count). The molecular weight excluding hydrogens is 605 g/mol. The molecule has 0 heterocycles. The average Bonchev–Trinajstić information content (AvgIpc) is 3.03. The van der Waals surface area contributed by atoms with Crippen LogP contribution in [0.15, 0.2) is 108 Å². The van der Waals surface area contributed by atoms with Crippen molar-refractivity contribution in [2.24, 2.45) is 0 Å². The summed E-state index contributed by atoms with van der Waals surface area (Å²) in [5.74, 6) is -0.940. The third-order valence-corrected chi connectivity index (χ3v) is 9.62. The summed E-state index contributed by atoms with van der Waals surface area (Å²) in [7, 11) is -2.66. The van der Waals surface area contributed by atoms with Crippen molar-refractivity contribution in [2.75, 3.05) is 17.9 Å². The molecule has 43 heavy (non-hydrogen) atoms. The quantitative estimate of drug-likeness (QED) is 0.202. The van der Waals surface area contributed by atoms with Crippen molar-refractivity contribution in [1.82, 2.24) is 10.2 Å². The molecule has 0 saturated heterocycles. The SMILES string of the molecule is CCc1ccccc1N(CC(=O)N(Cc1ccc(Cl)c(Cl)c1)[C@@H](Cc1ccccc1)C(=O)NC)S(=O)(=O)c1ccccc1. The number of anilines is 1. The number of carbonyl (C=O) groups is 2. The fourth-order valence-corrected chi connectivity index (χ4v) is 6.64. The zero-order chi connectivity index (χ0) is 31.0. The summed E-state index contributed by atoms with van der Waals surface area (Å²) in [4.78, 5) is 29.2. The van der Waals surface area contributed by atoms with Crippen LogP contribution in [0.3, 0.4) is 0 Å².